The molecule has 2 aromatic heterocycles. The summed E-state index contributed by atoms with van der Waals surface area (Å²) >= 11 is 0. The van der Waals surface area contributed by atoms with Crippen molar-refractivity contribution >= 4 is 0 Å². The van der Waals surface area contributed by atoms with Crippen LogP contribution in [0.25, 0.3) is 11.3 Å². The van der Waals surface area contributed by atoms with Gasteiger partial charge in [-0.05, 0) is 41.8 Å². The number of alkyl halides is 3. The highest BCUT2D eigenvalue weighted by molar-refractivity contribution is 5.66. The lowest BCUT2D eigenvalue weighted by Gasteiger charge is -2.21. The van der Waals surface area contributed by atoms with Crippen molar-refractivity contribution < 1.29 is 31.4 Å². The molecule has 184 valence electrons. The summed E-state index contributed by atoms with van der Waals surface area (Å²) in [6.07, 6.45) is -3.24. The topological polar surface area (TPSA) is 66.2 Å². The lowest BCUT2D eigenvalue weighted by atomic mass is 9.98. The lowest BCUT2D eigenvalue weighted by molar-refractivity contribution is -0.141. The molecule has 36 heavy (non-hydrogen) atoms. The summed E-state index contributed by atoms with van der Waals surface area (Å²) in [6, 6.07) is 12.7. The van der Waals surface area contributed by atoms with Crippen LogP contribution in [0.5, 0.6) is 17.4 Å². The Morgan fingerprint density at radius 3 is 2.44 bits per heavy atom. The number of hydrogen-bond donors (Lipinski definition) is 0. The number of aryl methyl sites for hydroxylation is 1. The van der Waals surface area contributed by atoms with E-state index in [0.717, 1.165) is 35.5 Å². The molecule has 0 saturated heterocycles. The summed E-state index contributed by atoms with van der Waals surface area (Å²) in [7, 11) is 0. The number of ether oxygens (including phenoxy) is 2. The van der Waals surface area contributed by atoms with Gasteiger partial charge in [0.1, 0.15) is 18.1 Å². The van der Waals surface area contributed by atoms with Crippen molar-refractivity contribution in [3.05, 3.63) is 99.7 Å². The summed E-state index contributed by atoms with van der Waals surface area (Å²) in [6.45, 7) is 0.179. The van der Waals surface area contributed by atoms with Crippen molar-refractivity contribution in [2.45, 2.75) is 25.7 Å². The zero-order chi connectivity index (χ0) is 25.4. The fourth-order valence-electron chi connectivity index (χ4n) is 3.90. The van der Waals surface area contributed by atoms with Crippen LogP contribution in [-0.4, -0.2) is 14.5 Å². The van der Waals surface area contributed by atoms with E-state index in [-0.39, 0.29) is 23.8 Å². The van der Waals surface area contributed by atoms with Crippen molar-refractivity contribution in [3.63, 3.8) is 0 Å². The number of rotatable bonds is 5. The van der Waals surface area contributed by atoms with Crippen LogP contribution >= 0.6 is 0 Å². The van der Waals surface area contributed by atoms with Gasteiger partial charge in [0.05, 0.1) is 11.9 Å². The van der Waals surface area contributed by atoms with E-state index in [9.17, 15) is 26.7 Å². The van der Waals surface area contributed by atoms with Gasteiger partial charge in [0.2, 0.25) is 5.88 Å². The van der Waals surface area contributed by atoms with Crippen LogP contribution in [0, 0.1) is 11.6 Å². The van der Waals surface area contributed by atoms with Crippen LogP contribution in [0.2, 0.25) is 0 Å². The maximum absolute atomic E-state index is 14.6. The minimum absolute atomic E-state index is 0.0000697. The highest BCUT2D eigenvalue weighted by Crippen LogP contribution is 2.32. The molecule has 0 N–H and O–H groups in total. The van der Waals surface area contributed by atoms with E-state index >= 15 is 0 Å². The quantitative estimate of drug-likeness (QED) is 0.337. The van der Waals surface area contributed by atoms with Crippen LogP contribution in [0.1, 0.15) is 16.8 Å². The first-order chi connectivity index (χ1) is 17.2. The van der Waals surface area contributed by atoms with Crippen molar-refractivity contribution in [2.75, 3.05) is 0 Å². The summed E-state index contributed by atoms with van der Waals surface area (Å²) in [5.41, 5.74) is 1.02. The van der Waals surface area contributed by atoms with E-state index in [1.54, 1.807) is 6.07 Å². The molecule has 1 aliphatic rings. The number of benzene rings is 2. The first-order valence-corrected chi connectivity index (χ1v) is 10.7. The SMILES string of the molecule is O=c1nc(OCc2cc(F)c(Oc3ccc(C(F)(F)F)nc3)c(F)c2)cc2n1CCc1ccccc1-2. The number of fused-ring (bicyclic) bond motifs is 3. The van der Waals surface area contributed by atoms with Gasteiger partial charge < -0.3 is 9.47 Å². The molecule has 6 nitrogen and oxygen atoms in total. The highest BCUT2D eigenvalue weighted by atomic mass is 19.4. The number of halogens is 5. The third kappa shape index (κ3) is 4.64. The molecule has 0 aliphatic carbocycles. The maximum Gasteiger partial charge on any atom is 0.433 e. The fourth-order valence-corrected chi connectivity index (χ4v) is 3.90. The Labute approximate surface area is 200 Å². The average Bonchev–Trinajstić information content (AvgIpc) is 2.84. The van der Waals surface area contributed by atoms with Crippen molar-refractivity contribution in [3.8, 4) is 28.6 Å². The van der Waals surface area contributed by atoms with Gasteiger partial charge in [-0.15, -0.1) is 0 Å². The van der Waals surface area contributed by atoms with Crippen LogP contribution in [0.4, 0.5) is 22.0 Å². The molecule has 0 fully saturated rings. The van der Waals surface area contributed by atoms with Gasteiger partial charge in [-0.3, -0.25) is 4.57 Å². The molecule has 0 amide bonds. The Kier molecular flexibility index (Phi) is 5.91. The smallest absolute Gasteiger partial charge is 0.433 e. The maximum atomic E-state index is 14.6. The summed E-state index contributed by atoms with van der Waals surface area (Å²) < 4.78 is 79.1. The van der Waals surface area contributed by atoms with Gasteiger partial charge in [-0.1, -0.05) is 24.3 Å². The summed E-state index contributed by atoms with van der Waals surface area (Å²) in [5.74, 6) is -3.27. The molecular formula is C25H16F5N3O3. The van der Waals surface area contributed by atoms with Gasteiger partial charge >= 0.3 is 11.9 Å². The van der Waals surface area contributed by atoms with E-state index in [1.165, 1.54) is 4.57 Å². The number of hydrogen-bond acceptors (Lipinski definition) is 5. The summed E-state index contributed by atoms with van der Waals surface area (Å²) in [5, 5.41) is 0. The molecule has 3 heterocycles. The van der Waals surface area contributed by atoms with Crippen LogP contribution < -0.4 is 15.2 Å². The Morgan fingerprint density at radius 1 is 1.00 bits per heavy atom. The average molecular weight is 501 g/mol. The monoisotopic (exact) mass is 501 g/mol. The Bertz CT molecular complexity index is 1480. The lowest BCUT2D eigenvalue weighted by Crippen LogP contribution is -2.28. The second-order valence-electron chi connectivity index (χ2n) is 7.98. The molecule has 11 heteroatoms. The normalized spacial score (nSPS) is 12.6. The van der Waals surface area contributed by atoms with Crippen LogP contribution in [-0.2, 0) is 25.7 Å². The van der Waals surface area contributed by atoms with E-state index in [2.05, 4.69) is 9.97 Å². The predicted molar refractivity (Wildman–Crippen MR) is 118 cm³/mol. The largest absolute Gasteiger partial charge is 0.473 e. The molecule has 0 bridgehead atoms. The first kappa shape index (κ1) is 23.5. The van der Waals surface area contributed by atoms with E-state index in [1.807, 2.05) is 24.3 Å². The van der Waals surface area contributed by atoms with Gasteiger partial charge in [0, 0.05) is 18.2 Å². The Hall–Kier alpha value is -4.28. The van der Waals surface area contributed by atoms with Crippen molar-refractivity contribution in [2.24, 2.45) is 0 Å². The molecule has 0 unspecified atom stereocenters. The predicted octanol–water partition coefficient (Wildman–Crippen LogP) is 5.53. The van der Waals surface area contributed by atoms with E-state index in [4.69, 9.17) is 9.47 Å². The minimum Gasteiger partial charge on any atom is -0.473 e. The second kappa shape index (κ2) is 9.06. The Morgan fingerprint density at radius 2 is 1.75 bits per heavy atom. The Balaban J connectivity index is 1.33. The highest BCUT2D eigenvalue weighted by Gasteiger charge is 2.32. The zero-order valence-electron chi connectivity index (χ0n) is 18.4. The van der Waals surface area contributed by atoms with E-state index in [0.29, 0.717) is 24.7 Å². The third-order valence-corrected chi connectivity index (χ3v) is 5.58. The summed E-state index contributed by atoms with van der Waals surface area (Å²) in [4.78, 5) is 19.6. The van der Waals surface area contributed by atoms with Crippen LogP contribution in [0.15, 0.2) is 65.6 Å². The first-order valence-electron chi connectivity index (χ1n) is 10.7. The van der Waals surface area contributed by atoms with Gasteiger partial charge in [0.25, 0.3) is 0 Å². The number of nitrogens with zero attached hydrogens (tertiary/aromatic N) is 3. The molecular weight excluding hydrogens is 485 g/mol. The van der Waals surface area contributed by atoms with Crippen molar-refractivity contribution in [1.82, 2.24) is 14.5 Å². The molecule has 0 saturated carbocycles. The number of pyridine rings is 1. The molecule has 5 rings (SSSR count). The van der Waals surface area contributed by atoms with Crippen molar-refractivity contribution in [1.29, 1.82) is 0 Å². The van der Waals surface area contributed by atoms with Gasteiger partial charge in [0.15, 0.2) is 17.4 Å². The minimum atomic E-state index is -4.65. The van der Waals surface area contributed by atoms with Gasteiger partial charge in [-0.2, -0.15) is 18.2 Å². The molecule has 0 radical (unpaired) electrons. The zero-order valence-corrected chi connectivity index (χ0v) is 18.4. The second-order valence-corrected chi connectivity index (χ2v) is 7.98. The molecule has 0 spiro atoms. The molecule has 2 aromatic carbocycles. The standard InChI is InChI=1S/C25H16F5N3O3/c26-18-9-14(10-19(27)23(18)36-16-5-6-21(31-12-16)25(28,29)30)13-35-22-11-20-17-4-2-1-3-15(17)7-8-33(20)24(34)32-22/h1-6,9-12H,7-8,13H2. The van der Waals surface area contributed by atoms with E-state index < -0.39 is 34.9 Å². The third-order valence-electron chi connectivity index (χ3n) is 5.58. The van der Waals surface area contributed by atoms with Crippen LogP contribution in [0.3, 0.4) is 0 Å². The van der Waals surface area contributed by atoms with Gasteiger partial charge in [-0.25, -0.2) is 18.6 Å². The molecule has 1 aliphatic heterocycles. The number of aromatic nitrogens is 3. The fraction of sp³-hybridized carbons (Fsp3) is 0.160. The molecule has 0 atom stereocenters. The molecule has 4 aromatic rings.